The van der Waals surface area contributed by atoms with Gasteiger partial charge in [0.15, 0.2) is 0 Å². The van der Waals surface area contributed by atoms with Crippen LogP contribution in [0.4, 0.5) is 0 Å². The van der Waals surface area contributed by atoms with Crippen LogP contribution in [0.1, 0.15) is 6.92 Å². The van der Waals surface area contributed by atoms with Gasteiger partial charge in [0.1, 0.15) is 17.3 Å². The van der Waals surface area contributed by atoms with E-state index in [1.165, 1.54) is 0 Å². The summed E-state index contributed by atoms with van der Waals surface area (Å²) >= 11 is 0. The first-order chi connectivity index (χ1) is 10.3. The molecule has 0 atom stereocenters. The third-order valence-corrected chi connectivity index (χ3v) is 3.21. The van der Waals surface area contributed by atoms with Crippen LogP contribution in [0.2, 0.25) is 0 Å². The highest BCUT2D eigenvalue weighted by molar-refractivity contribution is 5.68. The summed E-state index contributed by atoms with van der Waals surface area (Å²) in [6.45, 7) is 2.61. The largest absolute Gasteiger partial charge is 0.507 e. The Hall–Kier alpha value is -2.75. The zero-order valence-corrected chi connectivity index (χ0v) is 11.7. The van der Waals surface area contributed by atoms with Crippen molar-refractivity contribution in [3.8, 4) is 34.1 Å². The van der Waals surface area contributed by atoms with Crippen molar-refractivity contribution in [1.82, 2.24) is 9.97 Å². The molecule has 4 heteroatoms. The van der Waals surface area contributed by atoms with E-state index in [-0.39, 0.29) is 5.75 Å². The second-order valence-electron chi connectivity index (χ2n) is 4.62. The number of nitrogens with zero attached hydrogens (tertiary/aromatic N) is 1. The molecule has 2 N–H and O–H groups in total. The molecule has 1 heterocycles. The van der Waals surface area contributed by atoms with Gasteiger partial charge >= 0.3 is 0 Å². The lowest BCUT2D eigenvalue weighted by molar-refractivity contribution is 0.340. The minimum Gasteiger partial charge on any atom is -0.507 e. The van der Waals surface area contributed by atoms with Crippen molar-refractivity contribution < 1.29 is 9.84 Å². The third-order valence-electron chi connectivity index (χ3n) is 3.21. The molecule has 0 aliphatic heterocycles. The Kier molecular flexibility index (Phi) is 3.60. The molecule has 2 aromatic carbocycles. The van der Waals surface area contributed by atoms with Crippen LogP contribution in [0.15, 0.2) is 54.7 Å². The van der Waals surface area contributed by atoms with Gasteiger partial charge < -0.3 is 14.8 Å². The first-order valence-electron chi connectivity index (χ1n) is 6.84. The predicted molar refractivity (Wildman–Crippen MR) is 82.3 cm³/mol. The summed E-state index contributed by atoms with van der Waals surface area (Å²) in [6.07, 6.45) is 1.76. The molecular weight excluding hydrogens is 264 g/mol. The number of phenols is 1. The van der Waals surface area contributed by atoms with Gasteiger partial charge in [-0.15, -0.1) is 0 Å². The summed E-state index contributed by atoms with van der Waals surface area (Å²) < 4.78 is 5.43. The fourth-order valence-corrected chi connectivity index (χ4v) is 2.18. The summed E-state index contributed by atoms with van der Waals surface area (Å²) in [5.41, 5.74) is 2.61. The van der Waals surface area contributed by atoms with Crippen molar-refractivity contribution in [2.24, 2.45) is 0 Å². The third kappa shape index (κ3) is 2.74. The highest BCUT2D eigenvalue weighted by Crippen LogP contribution is 2.28. The van der Waals surface area contributed by atoms with Gasteiger partial charge in [0, 0.05) is 0 Å². The van der Waals surface area contributed by atoms with E-state index in [0.29, 0.717) is 18.0 Å². The molecule has 0 aliphatic carbocycles. The Balaban J connectivity index is 1.89. The number of aromatic hydroxyl groups is 1. The molecule has 3 aromatic rings. The molecule has 21 heavy (non-hydrogen) atoms. The predicted octanol–water partition coefficient (Wildman–Crippen LogP) is 3.85. The van der Waals surface area contributed by atoms with E-state index >= 15 is 0 Å². The van der Waals surface area contributed by atoms with E-state index in [1.807, 2.05) is 43.3 Å². The number of rotatable bonds is 4. The van der Waals surface area contributed by atoms with Crippen LogP contribution in [0, 0.1) is 0 Å². The number of nitrogens with one attached hydrogen (secondary N) is 1. The first-order valence-corrected chi connectivity index (χ1v) is 6.84. The number of aromatic amines is 1. The Morgan fingerprint density at radius 3 is 2.57 bits per heavy atom. The average molecular weight is 280 g/mol. The number of phenolic OH excluding ortho intramolecular Hbond substituents is 1. The average Bonchev–Trinajstić information content (AvgIpc) is 2.98. The maximum absolute atomic E-state index is 9.86. The molecule has 0 spiro atoms. The highest BCUT2D eigenvalue weighted by Gasteiger charge is 2.08. The van der Waals surface area contributed by atoms with E-state index < -0.39 is 0 Å². The van der Waals surface area contributed by atoms with Gasteiger partial charge in [-0.2, -0.15) is 0 Å². The van der Waals surface area contributed by atoms with Crippen LogP contribution >= 0.6 is 0 Å². The van der Waals surface area contributed by atoms with Crippen LogP contribution < -0.4 is 4.74 Å². The molecular formula is C17H16N2O2. The lowest BCUT2D eigenvalue weighted by atomic mass is 10.1. The topological polar surface area (TPSA) is 58.1 Å². The molecule has 0 fully saturated rings. The molecule has 0 amide bonds. The van der Waals surface area contributed by atoms with E-state index in [4.69, 9.17) is 4.74 Å². The molecule has 0 radical (unpaired) electrons. The number of hydrogen-bond acceptors (Lipinski definition) is 3. The standard InChI is InChI=1S/C17H16N2O2/c1-2-21-13-9-7-12(8-10-13)15-11-18-17(19-15)14-5-3-4-6-16(14)20/h3-11,20H,2H2,1H3,(H,18,19). The number of hydrogen-bond donors (Lipinski definition) is 2. The minimum atomic E-state index is 0.213. The van der Waals surface area contributed by atoms with Crippen molar-refractivity contribution in [3.63, 3.8) is 0 Å². The molecule has 106 valence electrons. The fourth-order valence-electron chi connectivity index (χ4n) is 2.18. The van der Waals surface area contributed by atoms with Crippen LogP contribution in [0.5, 0.6) is 11.5 Å². The molecule has 3 rings (SSSR count). The van der Waals surface area contributed by atoms with Crippen LogP contribution in [-0.4, -0.2) is 21.7 Å². The lowest BCUT2D eigenvalue weighted by Gasteiger charge is -2.03. The van der Waals surface area contributed by atoms with Crippen molar-refractivity contribution in [1.29, 1.82) is 0 Å². The SMILES string of the molecule is CCOc1ccc(-c2cnc(-c3ccccc3O)[nH]2)cc1. The number of benzene rings is 2. The monoisotopic (exact) mass is 280 g/mol. The Bertz CT molecular complexity index is 733. The maximum atomic E-state index is 9.86. The van der Waals surface area contributed by atoms with Crippen molar-refractivity contribution in [2.75, 3.05) is 6.61 Å². The van der Waals surface area contributed by atoms with E-state index in [9.17, 15) is 5.11 Å². The zero-order valence-electron chi connectivity index (χ0n) is 11.7. The van der Waals surface area contributed by atoms with E-state index in [1.54, 1.807) is 18.3 Å². The molecule has 0 bridgehead atoms. The number of imidazole rings is 1. The second-order valence-corrected chi connectivity index (χ2v) is 4.62. The maximum Gasteiger partial charge on any atom is 0.141 e. The summed E-state index contributed by atoms with van der Waals surface area (Å²) in [5.74, 6) is 1.71. The van der Waals surface area contributed by atoms with Crippen LogP contribution in [0.3, 0.4) is 0 Å². The van der Waals surface area contributed by atoms with Gasteiger partial charge in [0.2, 0.25) is 0 Å². The quantitative estimate of drug-likeness (QED) is 0.763. The first kappa shape index (κ1) is 13.2. The summed E-state index contributed by atoms with van der Waals surface area (Å²) in [6, 6.07) is 15.0. The molecule has 0 saturated heterocycles. The Morgan fingerprint density at radius 1 is 1.10 bits per heavy atom. The van der Waals surface area contributed by atoms with Gasteiger partial charge in [-0.05, 0) is 48.9 Å². The number of aromatic nitrogens is 2. The van der Waals surface area contributed by atoms with Crippen LogP contribution in [0.25, 0.3) is 22.6 Å². The highest BCUT2D eigenvalue weighted by atomic mass is 16.5. The number of H-pyrrole nitrogens is 1. The smallest absolute Gasteiger partial charge is 0.141 e. The molecule has 1 aromatic heterocycles. The normalized spacial score (nSPS) is 10.5. The van der Waals surface area contributed by atoms with Gasteiger partial charge in [-0.3, -0.25) is 0 Å². The summed E-state index contributed by atoms with van der Waals surface area (Å²) in [5, 5.41) is 9.86. The molecule has 0 aliphatic rings. The number of ether oxygens (including phenoxy) is 1. The minimum absolute atomic E-state index is 0.213. The zero-order chi connectivity index (χ0) is 14.7. The number of para-hydroxylation sites is 1. The van der Waals surface area contributed by atoms with E-state index in [0.717, 1.165) is 17.0 Å². The summed E-state index contributed by atoms with van der Waals surface area (Å²) in [7, 11) is 0. The Morgan fingerprint density at radius 2 is 1.86 bits per heavy atom. The Labute approximate surface area is 123 Å². The second kappa shape index (κ2) is 5.71. The van der Waals surface area contributed by atoms with Crippen molar-refractivity contribution in [2.45, 2.75) is 6.92 Å². The van der Waals surface area contributed by atoms with Gasteiger partial charge in [0.25, 0.3) is 0 Å². The molecule has 4 nitrogen and oxygen atoms in total. The molecule has 0 saturated carbocycles. The molecule has 0 unspecified atom stereocenters. The van der Waals surface area contributed by atoms with Crippen LogP contribution in [-0.2, 0) is 0 Å². The van der Waals surface area contributed by atoms with Gasteiger partial charge in [-0.25, -0.2) is 4.98 Å². The van der Waals surface area contributed by atoms with Gasteiger partial charge in [0.05, 0.1) is 24.1 Å². The van der Waals surface area contributed by atoms with E-state index in [2.05, 4.69) is 9.97 Å². The van der Waals surface area contributed by atoms with Crippen molar-refractivity contribution in [3.05, 3.63) is 54.7 Å². The lowest BCUT2D eigenvalue weighted by Crippen LogP contribution is -1.90. The summed E-state index contributed by atoms with van der Waals surface area (Å²) in [4.78, 5) is 7.56. The van der Waals surface area contributed by atoms with Crippen molar-refractivity contribution >= 4 is 0 Å². The fraction of sp³-hybridized carbons (Fsp3) is 0.118. The van der Waals surface area contributed by atoms with Gasteiger partial charge in [-0.1, -0.05) is 12.1 Å².